The van der Waals surface area contributed by atoms with Crippen LogP contribution in [0.25, 0.3) is 11.0 Å². The first-order valence-electron chi connectivity index (χ1n) is 7.02. The number of hydrogen-bond donors (Lipinski definition) is 2. The number of imidazole rings is 1. The van der Waals surface area contributed by atoms with E-state index in [-0.39, 0.29) is 6.54 Å². The van der Waals surface area contributed by atoms with Crippen LogP contribution in [0, 0.1) is 11.6 Å². The van der Waals surface area contributed by atoms with Crippen LogP contribution in [-0.2, 0) is 21.4 Å². The van der Waals surface area contributed by atoms with Gasteiger partial charge in [-0.2, -0.15) is 0 Å². The highest BCUT2D eigenvalue weighted by Crippen LogP contribution is 2.15. The lowest BCUT2D eigenvalue weighted by molar-refractivity contribution is -0.122. The Bertz CT molecular complexity index is 1050. The first-order valence-corrected chi connectivity index (χ1v) is 8.51. The average molecular weight is 366 g/mol. The smallest absolute Gasteiger partial charge is 0.260 e. The summed E-state index contributed by atoms with van der Waals surface area (Å²) in [5, 5.41) is 0. The van der Waals surface area contributed by atoms with Gasteiger partial charge in [0.2, 0.25) is 0 Å². The van der Waals surface area contributed by atoms with E-state index in [2.05, 4.69) is 4.98 Å². The Labute approximate surface area is 141 Å². The van der Waals surface area contributed by atoms with E-state index in [4.69, 9.17) is 0 Å². The molecule has 2 aromatic carbocycles. The van der Waals surface area contributed by atoms with Gasteiger partial charge in [0, 0.05) is 0 Å². The molecule has 3 aromatic rings. The lowest BCUT2D eigenvalue weighted by Gasteiger charge is -2.10. The van der Waals surface area contributed by atoms with Crippen molar-refractivity contribution in [1.29, 1.82) is 0 Å². The molecule has 3 rings (SSSR count). The van der Waals surface area contributed by atoms with Crippen molar-refractivity contribution in [3.63, 3.8) is 0 Å². The van der Waals surface area contributed by atoms with E-state index < -0.39 is 32.5 Å². The topological polar surface area (TPSA) is 93.1 Å². The van der Waals surface area contributed by atoms with Crippen LogP contribution in [0.1, 0.15) is 0 Å². The Kier molecular flexibility index (Phi) is 4.47. The lowest BCUT2D eigenvalue weighted by atomic mass is 10.3. The molecule has 25 heavy (non-hydrogen) atoms. The summed E-state index contributed by atoms with van der Waals surface area (Å²) in [7, 11) is -4.45. The number of hydrazine groups is 1. The van der Waals surface area contributed by atoms with Gasteiger partial charge in [0.1, 0.15) is 23.1 Å². The first-order chi connectivity index (χ1) is 11.9. The number of carbonyl (C=O) groups excluding carboxylic acids is 1. The molecular formula is C15H12F2N4O3S. The maximum atomic E-state index is 13.6. The van der Waals surface area contributed by atoms with Crippen molar-refractivity contribution in [2.75, 3.05) is 0 Å². The van der Waals surface area contributed by atoms with Crippen LogP contribution in [-0.4, -0.2) is 23.9 Å². The molecule has 0 saturated carbocycles. The zero-order valence-electron chi connectivity index (χ0n) is 12.6. The van der Waals surface area contributed by atoms with Gasteiger partial charge in [0.15, 0.2) is 0 Å². The Morgan fingerprint density at radius 2 is 1.92 bits per heavy atom. The summed E-state index contributed by atoms with van der Waals surface area (Å²) in [5.74, 6) is -2.76. The fourth-order valence-electron chi connectivity index (χ4n) is 2.19. The van der Waals surface area contributed by atoms with Gasteiger partial charge in [-0.3, -0.25) is 10.2 Å². The molecule has 0 aliphatic rings. The molecule has 0 aliphatic heterocycles. The zero-order chi connectivity index (χ0) is 18.0. The fraction of sp³-hybridized carbons (Fsp3) is 0.0667. The van der Waals surface area contributed by atoms with E-state index in [1.54, 1.807) is 29.1 Å². The van der Waals surface area contributed by atoms with Crippen LogP contribution >= 0.6 is 0 Å². The second-order valence-corrected chi connectivity index (χ2v) is 6.74. The number of rotatable bonds is 5. The fourth-order valence-corrected chi connectivity index (χ4v) is 3.14. The third-order valence-corrected chi connectivity index (χ3v) is 4.61. The SMILES string of the molecule is O=C(Cn1cnc2ccccc21)NNS(=O)(=O)c1cc(F)ccc1F. The molecule has 130 valence electrons. The summed E-state index contributed by atoms with van der Waals surface area (Å²) in [6.07, 6.45) is 1.44. The highest BCUT2D eigenvalue weighted by molar-refractivity contribution is 7.89. The number of para-hydroxylation sites is 2. The standard InChI is InChI=1S/C15H12F2N4O3S/c16-10-5-6-11(17)14(7-10)25(23,24)20-19-15(22)8-21-9-18-12-3-1-2-4-13(12)21/h1-7,9,20H,8H2,(H,19,22). The number of sulfonamides is 1. The van der Waals surface area contributed by atoms with E-state index >= 15 is 0 Å². The van der Waals surface area contributed by atoms with Crippen LogP contribution in [0.4, 0.5) is 8.78 Å². The van der Waals surface area contributed by atoms with Crippen LogP contribution in [0.3, 0.4) is 0 Å². The number of amides is 1. The van der Waals surface area contributed by atoms with E-state index in [0.29, 0.717) is 23.2 Å². The number of aromatic nitrogens is 2. The number of fused-ring (bicyclic) bond motifs is 1. The van der Waals surface area contributed by atoms with E-state index in [9.17, 15) is 22.0 Å². The minimum Gasteiger partial charge on any atom is -0.321 e. The van der Waals surface area contributed by atoms with Crippen molar-refractivity contribution in [3.05, 3.63) is 60.4 Å². The maximum absolute atomic E-state index is 13.6. The number of nitrogens with one attached hydrogen (secondary N) is 2. The van der Waals surface area contributed by atoms with Gasteiger partial charge in [0.05, 0.1) is 17.4 Å². The van der Waals surface area contributed by atoms with Gasteiger partial charge in [-0.15, -0.1) is 4.83 Å². The van der Waals surface area contributed by atoms with Gasteiger partial charge in [0.25, 0.3) is 15.9 Å². The largest absolute Gasteiger partial charge is 0.321 e. The molecule has 0 bridgehead atoms. The molecule has 0 aliphatic carbocycles. The number of halogens is 2. The van der Waals surface area contributed by atoms with Gasteiger partial charge >= 0.3 is 0 Å². The average Bonchev–Trinajstić information content (AvgIpc) is 2.98. The molecule has 1 amide bonds. The summed E-state index contributed by atoms with van der Waals surface area (Å²) in [5.41, 5.74) is 3.33. The number of carbonyl (C=O) groups is 1. The first kappa shape index (κ1) is 17.0. The summed E-state index contributed by atoms with van der Waals surface area (Å²) in [6.45, 7) is -0.214. The van der Waals surface area contributed by atoms with Crippen molar-refractivity contribution in [2.45, 2.75) is 11.4 Å². The van der Waals surface area contributed by atoms with E-state index in [1.165, 1.54) is 10.9 Å². The molecule has 10 heteroatoms. The molecule has 1 aromatic heterocycles. The summed E-state index contributed by atoms with van der Waals surface area (Å²) in [6, 6.07) is 9.07. The number of benzene rings is 2. The van der Waals surface area contributed by atoms with Crippen molar-refractivity contribution >= 4 is 27.0 Å². The maximum Gasteiger partial charge on any atom is 0.260 e. The van der Waals surface area contributed by atoms with Gasteiger partial charge in [-0.05, 0) is 30.3 Å². The Morgan fingerprint density at radius 3 is 2.72 bits per heavy atom. The molecule has 7 nitrogen and oxygen atoms in total. The second-order valence-electron chi connectivity index (χ2n) is 5.09. The minimum atomic E-state index is -4.45. The van der Waals surface area contributed by atoms with Gasteiger partial charge in [-0.25, -0.2) is 22.2 Å². The molecule has 0 saturated heterocycles. The van der Waals surface area contributed by atoms with Crippen molar-refractivity contribution in [2.24, 2.45) is 0 Å². The monoisotopic (exact) mass is 366 g/mol. The van der Waals surface area contributed by atoms with Gasteiger partial charge in [-0.1, -0.05) is 12.1 Å². The van der Waals surface area contributed by atoms with E-state index in [1.807, 2.05) is 5.43 Å². The highest BCUT2D eigenvalue weighted by Gasteiger charge is 2.20. The van der Waals surface area contributed by atoms with Crippen LogP contribution < -0.4 is 10.3 Å². The minimum absolute atomic E-state index is 0.214. The molecule has 0 fully saturated rings. The number of nitrogens with zero attached hydrogens (tertiary/aromatic N) is 2. The summed E-state index contributed by atoms with van der Waals surface area (Å²) in [4.78, 5) is 16.9. The molecule has 0 unspecified atom stereocenters. The lowest BCUT2D eigenvalue weighted by Crippen LogP contribution is -2.43. The Hall–Kier alpha value is -2.85. The Balaban J connectivity index is 1.70. The van der Waals surface area contributed by atoms with Crippen LogP contribution in [0.15, 0.2) is 53.7 Å². The normalized spacial score (nSPS) is 11.6. The zero-order valence-corrected chi connectivity index (χ0v) is 13.4. The Morgan fingerprint density at radius 1 is 1.16 bits per heavy atom. The van der Waals surface area contributed by atoms with Crippen molar-refractivity contribution in [1.82, 2.24) is 19.8 Å². The third-order valence-electron chi connectivity index (χ3n) is 3.35. The molecule has 0 atom stereocenters. The predicted molar refractivity (Wildman–Crippen MR) is 84.6 cm³/mol. The second kappa shape index (κ2) is 6.57. The van der Waals surface area contributed by atoms with Gasteiger partial charge < -0.3 is 4.57 Å². The predicted octanol–water partition coefficient (Wildman–Crippen LogP) is 1.32. The van der Waals surface area contributed by atoms with E-state index in [0.717, 1.165) is 6.07 Å². The third kappa shape index (κ3) is 3.64. The molecule has 1 heterocycles. The quantitative estimate of drug-likeness (QED) is 0.666. The highest BCUT2D eigenvalue weighted by atomic mass is 32.2. The molecular weight excluding hydrogens is 354 g/mol. The van der Waals surface area contributed by atoms with Crippen molar-refractivity contribution < 1.29 is 22.0 Å². The van der Waals surface area contributed by atoms with Crippen LogP contribution in [0.5, 0.6) is 0 Å². The molecule has 2 N–H and O–H groups in total. The molecule has 0 spiro atoms. The van der Waals surface area contributed by atoms with Crippen molar-refractivity contribution in [3.8, 4) is 0 Å². The summed E-state index contributed by atoms with van der Waals surface area (Å²) < 4.78 is 52.1. The molecule has 0 radical (unpaired) electrons. The van der Waals surface area contributed by atoms with Crippen LogP contribution in [0.2, 0.25) is 0 Å². The summed E-state index contributed by atoms with van der Waals surface area (Å²) >= 11 is 0. The number of hydrogen-bond acceptors (Lipinski definition) is 4.